The zero-order valence-electron chi connectivity index (χ0n) is 11.0. The first-order chi connectivity index (χ1) is 8.38. The number of carboxylic acids is 1. The van der Waals surface area contributed by atoms with Crippen LogP contribution in [0.25, 0.3) is 0 Å². The second-order valence-corrected chi connectivity index (χ2v) is 4.69. The topological polar surface area (TPSA) is 79.3 Å². The highest BCUT2D eigenvalue weighted by Gasteiger charge is 2.43. The minimum absolute atomic E-state index is 0.0940. The maximum Gasteiger partial charge on any atom is 0.329 e. The van der Waals surface area contributed by atoms with Crippen molar-refractivity contribution in [2.75, 3.05) is 47.0 Å². The Morgan fingerprint density at radius 3 is 2.56 bits per heavy atom. The molecule has 0 aromatic rings. The average Bonchev–Trinajstić information content (AvgIpc) is 2.28. The number of urea groups is 1. The Labute approximate surface area is 106 Å². The van der Waals surface area contributed by atoms with Gasteiger partial charge in [-0.15, -0.1) is 0 Å². The summed E-state index contributed by atoms with van der Waals surface area (Å²) in [6, 6.07) is -0.0940. The molecule has 7 nitrogen and oxygen atoms in total. The van der Waals surface area contributed by atoms with Crippen molar-refractivity contribution in [2.24, 2.45) is 0 Å². The number of rotatable bonds is 6. The van der Waals surface area contributed by atoms with Crippen molar-refractivity contribution in [3.8, 4) is 0 Å². The second-order valence-electron chi connectivity index (χ2n) is 4.69. The number of aliphatic carboxylic acids is 1. The van der Waals surface area contributed by atoms with Crippen molar-refractivity contribution < 1.29 is 24.2 Å². The number of hydrogen-bond donors (Lipinski definition) is 1. The largest absolute Gasteiger partial charge is 0.480 e. The molecule has 1 N–H and O–H groups in total. The van der Waals surface area contributed by atoms with Crippen LogP contribution in [-0.4, -0.2) is 79.5 Å². The highest BCUT2D eigenvalue weighted by molar-refractivity contribution is 5.75. The van der Waals surface area contributed by atoms with E-state index in [4.69, 9.17) is 14.6 Å². The summed E-state index contributed by atoms with van der Waals surface area (Å²) in [4.78, 5) is 25.5. The Kier molecular flexibility index (Phi) is 4.92. The Balaban J connectivity index is 2.32. The van der Waals surface area contributed by atoms with Crippen molar-refractivity contribution in [3.05, 3.63) is 0 Å². The number of likely N-dealkylation sites (tertiary alicyclic amines) is 1. The molecule has 0 aromatic heterocycles. The molecule has 18 heavy (non-hydrogen) atoms. The van der Waals surface area contributed by atoms with Gasteiger partial charge in [0.1, 0.15) is 12.2 Å². The zero-order valence-corrected chi connectivity index (χ0v) is 11.0. The van der Waals surface area contributed by atoms with Crippen LogP contribution >= 0.6 is 0 Å². The Morgan fingerprint density at radius 2 is 2.06 bits per heavy atom. The first-order valence-electron chi connectivity index (χ1n) is 5.73. The van der Waals surface area contributed by atoms with Gasteiger partial charge in [-0.2, -0.15) is 0 Å². The van der Waals surface area contributed by atoms with Gasteiger partial charge in [0.2, 0.25) is 0 Å². The Bertz CT molecular complexity index is 315. The number of carbonyl (C=O) groups excluding carboxylic acids is 1. The van der Waals surface area contributed by atoms with Gasteiger partial charge in [-0.3, -0.25) is 0 Å². The second kappa shape index (κ2) is 6.01. The van der Waals surface area contributed by atoms with Crippen LogP contribution in [0.5, 0.6) is 0 Å². The number of likely N-dealkylation sites (N-methyl/N-ethyl adjacent to an activating group) is 1. The molecular weight excluding hydrogens is 240 g/mol. The van der Waals surface area contributed by atoms with Crippen molar-refractivity contribution in [1.29, 1.82) is 0 Å². The smallest absolute Gasteiger partial charge is 0.329 e. The Hall–Kier alpha value is -1.34. The van der Waals surface area contributed by atoms with Gasteiger partial charge < -0.3 is 24.4 Å². The van der Waals surface area contributed by atoms with Gasteiger partial charge in [0.05, 0.1) is 19.7 Å². The fourth-order valence-corrected chi connectivity index (χ4v) is 1.79. The maximum atomic E-state index is 11.9. The third-order valence-corrected chi connectivity index (χ3v) is 2.82. The van der Waals surface area contributed by atoms with Gasteiger partial charge in [0, 0.05) is 20.7 Å². The lowest BCUT2D eigenvalue weighted by Crippen LogP contribution is -2.65. The van der Waals surface area contributed by atoms with Gasteiger partial charge in [-0.25, -0.2) is 9.59 Å². The monoisotopic (exact) mass is 260 g/mol. The molecule has 0 saturated carbocycles. The van der Waals surface area contributed by atoms with Crippen LogP contribution in [0.2, 0.25) is 0 Å². The molecule has 1 aliphatic heterocycles. The molecule has 1 saturated heterocycles. The number of carbonyl (C=O) groups is 2. The van der Waals surface area contributed by atoms with Gasteiger partial charge in [-0.1, -0.05) is 0 Å². The maximum absolute atomic E-state index is 11.9. The molecule has 0 aromatic carbocycles. The van der Waals surface area contributed by atoms with Crippen molar-refractivity contribution in [3.63, 3.8) is 0 Å². The molecule has 104 valence electrons. The van der Waals surface area contributed by atoms with E-state index in [2.05, 4.69) is 0 Å². The van der Waals surface area contributed by atoms with Crippen LogP contribution in [0, 0.1) is 0 Å². The predicted octanol–water partition coefficient (Wildman–Crippen LogP) is -0.140. The normalized spacial score (nSPS) is 17.2. The quantitative estimate of drug-likeness (QED) is 0.719. The fraction of sp³-hybridized carbons (Fsp3) is 0.818. The third kappa shape index (κ3) is 3.85. The summed E-state index contributed by atoms with van der Waals surface area (Å²) < 4.78 is 10.1. The van der Waals surface area contributed by atoms with Gasteiger partial charge in [0.25, 0.3) is 0 Å². The number of hydrogen-bond acceptors (Lipinski definition) is 4. The van der Waals surface area contributed by atoms with E-state index in [1.807, 2.05) is 0 Å². The molecule has 0 radical (unpaired) electrons. The number of nitrogens with zero attached hydrogens (tertiary/aromatic N) is 2. The lowest BCUT2D eigenvalue weighted by atomic mass is 9.97. The number of ether oxygens (including phenoxy) is 2. The SMILES string of the molecule is COCCN(C)C(=O)N1CC(C)(OCC(=O)O)C1. The highest BCUT2D eigenvalue weighted by atomic mass is 16.5. The molecule has 1 heterocycles. The molecule has 7 heteroatoms. The number of methoxy groups -OCH3 is 1. The summed E-state index contributed by atoms with van der Waals surface area (Å²) >= 11 is 0. The summed E-state index contributed by atoms with van der Waals surface area (Å²) in [5, 5.41) is 8.53. The average molecular weight is 260 g/mol. The summed E-state index contributed by atoms with van der Waals surface area (Å²) in [6.45, 7) is 3.31. The number of amides is 2. The summed E-state index contributed by atoms with van der Waals surface area (Å²) in [5.41, 5.74) is -0.545. The van der Waals surface area contributed by atoms with E-state index >= 15 is 0 Å². The lowest BCUT2D eigenvalue weighted by molar-refractivity contribution is -0.160. The molecular formula is C11H20N2O5. The van der Waals surface area contributed by atoms with Crippen LogP contribution in [0.1, 0.15) is 6.92 Å². The van der Waals surface area contributed by atoms with Crippen LogP contribution in [0.3, 0.4) is 0 Å². The van der Waals surface area contributed by atoms with E-state index in [0.717, 1.165) is 0 Å². The van der Waals surface area contributed by atoms with E-state index in [9.17, 15) is 9.59 Å². The molecule has 0 atom stereocenters. The van der Waals surface area contributed by atoms with E-state index in [-0.39, 0.29) is 12.6 Å². The van der Waals surface area contributed by atoms with E-state index in [0.29, 0.717) is 26.2 Å². The Morgan fingerprint density at radius 1 is 1.44 bits per heavy atom. The molecule has 1 rings (SSSR count). The highest BCUT2D eigenvalue weighted by Crippen LogP contribution is 2.25. The van der Waals surface area contributed by atoms with E-state index < -0.39 is 11.6 Å². The van der Waals surface area contributed by atoms with Gasteiger partial charge >= 0.3 is 12.0 Å². The van der Waals surface area contributed by atoms with Crippen LogP contribution in [0.4, 0.5) is 4.79 Å². The molecule has 1 aliphatic rings. The molecule has 0 unspecified atom stereocenters. The van der Waals surface area contributed by atoms with Gasteiger partial charge in [-0.05, 0) is 6.92 Å². The minimum Gasteiger partial charge on any atom is -0.480 e. The van der Waals surface area contributed by atoms with E-state index in [1.165, 1.54) is 0 Å². The third-order valence-electron chi connectivity index (χ3n) is 2.82. The molecule has 2 amide bonds. The molecule has 0 spiro atoms. The summed E-state index contributed by atoms with van der Waals surface area (Å²) in [5.74, 6) is -1.00. The molecule has 0 aliphatic carbocycles. The van der Waals surface area contributed by atoms with Crippen molar-refractivity contribution >= 4 is 12.0 Å². The molecule has 0 bridgehead atoms. The van der Waals surface area contributed by atoms with Crippen LogP contribution in [0.15, 0.2) is 0 Å². The minimum atomic E-state index is -1.00. The summed E-state index contributed by atoms with van der Waals surface area (Å²) in [7, 11) is 3.29. The first kappa shape index (κ1) is 14.7. The lowest BCUT2D eigenvalue weighted by Gasteiger charge is -2.48. The first-order valence-corrected chi connectivity index (χ1v) is 5.73. The number of carboxylic acid groups (broad SMARTS) is 1. The van der Waals surface area contributed by atoms with Crippen LogP contribution < -0.4 is 0 Å². The fourth-order valence-electron chi connectivity index (χ4n) is 1.79. The van der Waals surface area contributed by atoms with Crippen LogP contribution in [-0.2, 0) is 14.3 Å². The predicted molar refractivity (Wildman–Crippen MR) is 63.5 cm³/mol. The molecule has 1 fully saturated rings. The standard InChI is InChI=1S/C11H20N2O5/c1-11(18-6-9(14)15)7-13(8-11)10(16)12(2)4-5-17-3/h4-8H2,1-3H3,(H,14,15). The zero-order chi connectivity index (χ0) is 13.8. The van der Waals surface area contributed by atoms with Crippen molar-refractivity contribution in [1.82, 2.24) is 9.80 Å². The van der Waals surface area contributed by atoms with Gasteiger partial charge in [0.15, 0.2) is 0 Å². The summed E-state index contributed by atoms with van der Waals surface area (Å²) in [6.07, 6.45) is 0. The van der Waals surface area contributed by atoms with E-state index in [1.54, 1.807) is 30.9 Å². The van der Waals surface area contributed by atoms with Crippen molar-refractivity contribution in [2.45, 2.75) is 12.5 Å².